The van der Waals surface area contributed by atoms with E-state index < -0.39 is 0 Å². The summed E-state index contributed by atoms with van der Waals surface area (Å²) in [6, 6.07) is 128. The van der Waals surface area contributed by atoms with Crippen LogP contribution < -0.4 is 29.1 Å². The van der Waals surface area contributed by atoms with Crippen molar-refractivity contribution in [1.29, 1.82) is 0 Å². The fourth-order valence-electron chi connectivity index (χ4n) is 17.2. The van der Waals surface area contributed by atoms with Gasteiger partial charge < -0.3 is 38.2 Å². The Hall–Kier alpha value is -15.2. The average Bonchev–Trinajstić information content (AvgIpc) is 0.994. The number of ether oxygens (including phenoxy) is 2. The number of hydrogen-bond donors (Lipinski definition) is 0. The normalized spacial score (nSPS) is 12.8. The summed E-state index contributed by atoms with van der Waals surface area (Å²) in [6.07, 6.45) is 1.93. The van der Waals surface area contributed by atoms with E-state index in [-0.39, 0.29) is 0 Å². The molecular weight excluding hydrogens is 1350 g/mol. The van der Waals surface area contributed by atoms with Crippen LogP contribution in [0.15, 0.2) is 370 Å². The summed E-state index contributed by atoms with van der Waals surface area (Å²) in [6.45, 7) is 0. The Kier molecular flexibility index (Phi) is 13.4. The number of benzene rings is 15. The van der Waals surface area contributed by atoms with E-state index in [4.69, 9.17) is 24.4 Å². The monoisotopic (exact) mass is 1410 g/mol. The van der Waals surface area contributed by atoms with E-state index in [1.165, 1.54) is 43.6 Å². The molecule has 0 aliphatic carbocycles. The molecule has 5 aromatic heterocycles. The molecule has 0 fully saturated rings. The van der Waals surface area contributed by atoms with Crippen LogP contribution in [0.2, 0.25) is 0 Å². The first-order valence-electron chi connectivity index (χ1n) is 37.0. The third-order valence-electron chi connectivity index (χ3n) is 21.9. The third-order valence-corrected chi connectivity index (χ3v) is 21.9. The summed E-state index contributed by atoms with van der Waals surface area (Å²) in [5.41, 5.74) is 27.5. The molecule has 0 atom stereocenters. The molecule has 20 aromatic rings. The van der Waals surface area contributed by atoms with Gasteiger partial charge >= 0.3 is 0 Å². The van der Waals surface area contributed by atoms with Crippen LogP contribution in [0.4, 0.5) is 68.2 Å². The second-order valence-electron chi connectivity index (χ2n) is 28.0. The van der Waals surface area contributed by atoms with Gasteiger partial charge in [0.1, 0.15) is 11.5 Å². The molecule has 24 rings (SSSR count). The lowest BCUT2D eigenvalue weighted by atomic mass is 10.1. The maximum absolute atomic E-state index is 6.28. The first-order chi connectivity index (χ1) is 54.6. The number of fused-ring (bicyclic) bond motifs is 16. The van der Waals surface area contributed by atoms with E-state index in [1.807, 2.05) is 72.9 Å². The van der Waals surface area contributed by atoms with Crippen molar-refractivity contribution < 1.29 is 9.47 Å². The predicted octanol–water partition coefficient (Wildman–Crippen LogP) is 25.7. The first-order valence-corrected chi connectivity index (χ1v) is 37.0. The summed E-state index contributed by atoms with van der Waals surface area (Å²) in [7, 11) is 0. The summed E-state index contributed by atoms with van der Waals surface area (Å²) < 4.78 is 21.9. The summed E-state index contributed by atoms with van der Waals surface area (Å²) >= 11 is 0. The lowest BCUT2D eigenvalue weighted by molar-refractivity contribution is 0.476. The Labute approximate surface area is 631 Å². The van der Waals surface area contributed by atoms with Gasteiger partial charge in [0, 0.05) is 55.5 Å². The Balaban J connectivity index is 0.000000132. The average molecular weight is 1410 g/mol. The molecule has 4 aliphatic rings. The van der Waals surface area contributed by atoms with Gasteiger partial charge in [0.15, 0.2) is 28.8 Å². The number of imidazole rings is 2. The van der Waals surface area contributed by atoms with Crippen molar-refractivity contribution in [2.75, 3.05) is 19.6 Å². The van der Waals surface area contributed by atoms with Crippen LogP contribution in [-0.2, 0) is 0 Å². The third kappa shape index (κ3) is 9.25. The molecule has 13 nitrogen and oxygen atoms in total. The predicted molar refractivity (Wildman–Crippen MR) is 445 cm³/mol. The molecular formula is C97H61N11O2. The first kappa shape index (κ1) is 61.1. The lowest BCUT2D eigenvalue weighted by Gasteiger charge is -2.33. The number of para-hydroxylation sites is 18. The van der Waals surface area contributed by atoms with E-state index in [1.54, 1.807) is 0 Å². The summed E-state index contributed by atoms with van der Waals surface area (Å²) in [5.74, 6) is 4.94. The zero-order valence-corrected chi connectivity index (χ0v) is 59.0. The molecule has 0 N–H and O–H groups in total. The number of pyridine rings is 1. The molecule has 13 heteroatoms. The molecule has 0 unspecified atom stereocenters. The molecule has 516 valence electrons. The van der Waals surface area contributed by atoms with Gasteiger partial charge in [0.2, 0.25) is 0 Å². The Morgan fingerprint density at radius 3 is 1.04 bits per heavy atom. The number of aromatic nitrogens is 7. The van der Waals surface area contributed by atoms with Crippen LogP contribution in [0.25, 0.3) is 111 Å². The van der Waals surface area contributed by atoms with Crippen molar-refractivity contribution >= 4 is 134 Å². The topological polar surface area (TPSA) is 89.8 Å². The van der Waals surface area contributed by atoms with Crippen molar-refractivity contribution in [1.82, 2.24) is 33.2 Å². The van der Waals surface area contributed by atoms with Gasteiger partial charge in [-0.1, -0.05) is 170 Å². The highest BCUT2D eigenvalue weighted by molar-refractivity contribution is 6.18. The second kappa shape index (κ2) is 24.2. The number of anilines is 12. The van der Waals surface area contributed by atoms with Gasteiger partial charge in [-0.3, -0.25) is 14.1 Å². The van der Waals surface area contributed by atoms with E-state index >= 15 is 0 Å². The Bertz CT molecular complexity index is 6620. The van der Waals surface area contributed by atoms with Gasteiger partial charge in [-0.2, -0.15) is 0 Å². The Morgan fingerprint density at radius 2 is 0.573 bits per heavy atom. The fourth-order valence-corrected chi connectivity index (χ4v) is 17.2. The minimum absolute atomic E-state index is 0.772. The largest absolute Gasteiger partial charge is 0.453 e. The molecule has 9 heterocycles. The second-order valence-corrected chi connectivity index (χ2v) is 28.0. The van der Waals surface area contributed by atoms with Crippen LogP contribution in [0.3, 0.4) is 0 Å². The quantitative estimate of drug-likeness (QED) is 0.148. The van der Waals surface area contributed by atoms with Crippen molar-refractivity contribution in [2.24, 2.45) is 0 Å². The minimum Gasteiger partial charge on any atom is -0.453 e. The highest BCUT2D eigenvalue weighted by Crippen LogP contribution is 2.55. The molecule has 0 amide bonds. The molecule has 4 aliphatic heterocycles. The standard InChI is InChI=1S/C49H31N5O.C48H30N6O/c1-2-13-33(14-3-1)53-45-31-35(52-40-18-6-7-19-41(40)54-39-17-5-4-15-36(39)37-16-12-22-44(52)48(37)54)29-30-38(45)50-49(53)32-25-27-34(28-26-32)51-42-20-8-10-23-46(42)55-47-24-11-9-21-43(47)51;1-2-13-31(14-3-1)53-44-29-32(51-39-18-6-7-19-40(39)54-38-17-5-4-15-34(38)35-16-12-22-43(51)47(35)54)25-27-36(44)50-48(53)37-28-26-33(30-49-37)52-41-20-8-10-23-45(41)55-46-24-11-9-21-42(46)52/h1-31H;1-30H. The molecule has 0 saturated heterocycles. The molecule has 110 heavy (non-hydrogen) atoms. The molecule has 0 radical (unpaired) electrons. The van der Waals surface area contributed by atoms with Crippen molar-refractivity contribution in [3.8, 4) is 68.7 Å². The lowest BCUT2D eigenvalue weighted by Crippen LogP contribution is -2.18. The van der Waals surface area contributed by atoms with E-state index in [0.29, 0.717) is 0 Å². The Morgan fingerprint density at radius 1 is 0.218 bits per heavy atom. The highest BCUT2D eigenvalue weighted by atomic mass is 16.5. The molecule has 0 bridgehead atoms. The summed E-state index contributed by atoms with van der Waals surface area (Å²) in [4.78, 5) is 24.9. The van der Waals surface area contributed by atoms with Crippen molar-refractivity contribution in [3.63, 3.8) is 0 Å². The van der Waals surface area contributed by atoms with Crippen LogP contribution in [-0.4, -0.2) is 33.2 Å². The van der Waals surface area contributed by atoms with Crippen LogP contribution in [0, 0.1) is 0 Å². The van der Waals surface area contributed by atoms with Gasteiger partial charge in [-0.05, 0) is 194 Å². The zero-order valence-electron chi connectivity index (χ0n) is 59.0. The zero-order chi connectivity index (χ0) is 72.1. The van der Waals surface area contributed by atoms with Crippen LogP contribution >= 0.6 is 0 Å². The van der Waals surface area contributed by atoms with Gasteiger partial charge in [-0.15, -0.1) is 0 Å². The van der Waals surface area contributed by atoms with Gasteiger partial charge in [-0.25, -0.2) is 9.97 Å². The van der Waals surface area contributed by atoms with Gasteiger partial charge in [0.05, 0.1) is 113 Å². The van der Waals surface area contributed by atoms with E-state index in [9.17, 15) is 0 Å². The van der Waals surface area contributed by atoms with Gasteiger partial charge in [0.25, 0.3) is 0 Å². The maximum atomic E-state index is 6.28. The van der Waals surface area contributed by atoms with Crippen LogP contribution in [0.1, 0.15) is 0 Å². The van der Waals surface area contributed by atoms with E-state index in [2.05, 4.69) is 335 Å². The highest BCUT2D eigenvalue weighted by Gasteiger charge is 2.34. The molecule has 15 aromatic carbocycles. The van der Waals surface area contributed by atoms with Crippen molar-refractivity contribution in [2.45, 2.75) is 0 Å². The number of hydrogen-bond acceptors (Lipinski definition) is 9. The molecule has 0 saturated carbocycles. The van der Waals surface area contributed by atoms with Crippen molar-refractivity contribution in [3.05, 3.63) is 370 Å². The number of rotatable bonds is 8. The number of nitrogens with zero attached hydrogens (tertiary/aromatic N) is 11. The maximum Gasteiger partial charge on any atom is 0.164 e. The summed E-state index contributed by atoms with van der Waals surface area (Å²) in [5, 5.41) is 4.99. The molecule has 0 spiro atoms. The smallest absolute Gasteiger partial charge is 0.164 e. The fraction of sp³-hybridized carbons (Fsp3) is 0. The minimum atomic E-state index is 0.772. The van der Waals surface area contributed by atoms with Crippen LogP contribution in [0.5, 0.6) is 23.0 Å². The van der Waals surface area contributed by atoms with E-state index in [0.717, 1.165) is 159 Å². The SMILES string of the molecule is c1ccc(-n2c(-c3ccc(N4c5ccccc5Oc5ccccc54)cc3)nc3ccc(N4c5ccccc5-n5c6ccccc6c6cccc4c65)cc32)cc1.c1ccc(-n2c(-c3ccc(N4c5ccccc5Oc5ccccc54)cn3)nc3ccc(N4c5ccccc5-n5c6ccccc6c6cccc4c65)cc32)cc1.